The van der Waals surface area contributed by atoms with Gasteiger partial charge in [0.25, 0.3) is 0 Å². The molecule has 0 fully saturated rings. The van der Waals surface area contributed by atoms with Gasteiger partial charge < -0.3 is 15.2 Å². The van der Waals surface area contributed by atoms with Crippen LogP contribution in [0.2, 0.25) is 0 Å². The molecule has 1 aliphatic rings. The monoisotopic (exact) mass is 318 g/mol. The van der Waals surface area contributed by atoms with Gasteiger partial charge in [-0.3, -0.25) is 0 Å². The van der Waals surface area contributed by atoms with Gasteiger partial charge in [0.2, 0.25) is 0 Å². The highest BCUT2D eigenvalue weighted by Crippen LogP contribution is 2.34. The number of hydrogen-bond acceptors (Lipinski definition) is 5. The molecule has 1 aromatic carbocycles. The number of nitrogens with one attached hydrogen (secondary N) is 1. The van der Waals surface area contributed by atoms with Gasteiger partial charge in [-0.15, -0.1) is 11.3 Å². The highest BCUT2D eigenvalue weighted by molar-refractivity contribution is 7.11. The van der Waals surface area contributed by atoms with E-state index >= 15 is 0 Å². The van der Waals surface area contributed by atoms with Gasteiger partial charge in [-0.2, -0.15) is 0 Å². The quantitative estimate of drug-likeness (QED) is 0.860. The van der Waals surface area contributed by atoms with Gasteiger partial charge >= 0.3 is 0 Å². The van der Waals surface area contributed by atoms with Crippen LogP contribution in [0, 0.1) is 6.92 Å². The molecule has 1 aliphatic carbocycles. The third kappa shape index (κ3) is 3.48. The summed E-state index contributed by atoms with van der Waals surface area (Å²) in [7, 11) is 0. The predicted molar refractivity (Wildman–Crippen MR) is 88.4 cm³/mol. The molecule has 2 N–H and O–H groups in total. The fourth-order valence-corrected chi connectivity index (χ4v) is 4.00. The Balaban J connectivity index is 1.68. The number of fused-ring (bicyclic) bond motifs is 1. The van der Waals surface area contributed by atoms with E-state index in [4.69, 9.17) is 9.84 Å². The SMILES string of the molecule is Cc1nc2c(s1)C(NCc1ccccc1OCCO)CCC2. The molecule has 0 aliphatic heterocycles. The first-order valence-corrected chi connectivity index (χ1v) is 8.60. The predicted octanol–water partition coefficient (Wildman–Crippen LogP) is 2.99. The lowest BCUT2D eigenvalue weighted by Crippen LogP contribution is -2.24. The average molecular weight is 318 g/mol. The molecule has 118 valence electrons. The minimum absolute atomic E-state index is 0.0356. The molecule has 5 heteroatoms. The first-order chi connectivity index (χ1) is 10.8. The van der Waals surface area contributed by atoms with E-state index in [0.717, 1.165) is 35.7 Å². The van der Waals surface area contributed by atoms with Crippen LogP contribution >= 0.6 is 11.3 Å². The maximum absolute atomic E-state index is 8.92. The lowest BCUT2D eigenvalue weighted by Gasteiger charge is -2.23. The lowest BCUT2D eigenvalue weighted by molar-refractivity contribution is 0.200. The third-order valence-electron chi connectivity index (χ3n) is 3.92. The van der Waals surface area contributed by atoms with Gasteiger partial charge in [-0.25, -0.2) is 4.98 Å². The van der Waals surface area contributed by atoms with Crippen LogP contribution < -0.4 is 10.1 Å². The Morgan fingerprint density at radius 2 is 2.27 bits per heavy atom. The van der Waals surface area contributed by atoms with Gasteiger partial charge in [0.1, 0.15) is 12.4 Å². The number of aliphatic hydroxyl groups excluding tert-OH is 1. The topological polar surface area (TPSA) is 54.4 Å². The number of aliphatic hydroxyl groups is 1. The molecule has 4 nitrogen and oxygen atoms in total. The van der Waals surface area contributed by atoms with Gasteiger partial charge in [-0.05, 0) is 32.3 Å². The Morgan fingerprint density at radius 3 is 3.14 bits per heavy atom. The second-order valence-corrected chi connectivity index (χ2v) is 6.78. The summed E-state index contributed by atoms with van der Waals surface area (Å²) >= 11 is 1.81. The zero-order chi connectivity index (χ0) is 15.4. The second kappa shape index (κ2) is 7.22. The smallest absolute Gasteiger partial charge is 0.123 e. The molecule has 0 saturated heterocycles. The molecule has 0 saturated carbocycles. The van der Waals surface area contributed by atoms with Crippen molar-refractivity contribution in [3.63, 3.8) is 0 Å². The summed E-state index contributed by atoms with van der Waals surface area (Å²) in [6.45, 7) is 3.22. The van der Waals surface area contributed by atoms with Crippen molar-refractivity contribution in [1.82, 2.24) is 10.3 Å². The molecule has 1 unspecified atom stereocenters. The standard InChI is InChI=1S/C17H22N2O2S/c1-12-19-15-7-4-6-14(17(15)22-12)18-11-13-5-2-3-8-16(13)21-10-9-20/h2-3,5,8,14,18,20H,4,6-7,9-11H2,1H3. The summed E-state index contributed by atoms with van der Waals surface area (Å²) in [6.07, 6.45) is 3.46. The van der Waals surface area contributed by atoms with E-state index in [-0.39, 0.29) is 6.61 Å². The first-order valence-electron chi connectivity index (χ1n) is 7.79. The fourth-order valence-electron chi connectivity index (χ4n) is 2.92. The maximum Gasteiger partial charge on any atom is 0.123 e. The van der Waals surface area contributed by atoms with E-state index in [0.29, 0.717) is 12.6 Å². The third-order valence-corrected chi connectivity index (χ3v) is 5.04. The van der Waals surface area contributed by atoms with Crippen molar-refractivity contribution >= 4 is 11.3 Å². The summed E-state index contributed by atoms with van der Waals surface area (Å²) in [6, 6.07) is 8.39. The Labute approximate surface area is 135 Å². The molecular formula is C17H22N2O2S. The minimum atomic E-state index is 0.0356. The van der Waals surface area contributed by atoms with Crippen molar-refractivity contribution in [2.24, 2.45) is 0 Å². The molecule has 1 aromatic heterocycles. The summed E-state index contributed by atoms with van der Waals surface area (Å²) in [5, 5.41) is 13.7. The number of para-hydroxylation sites is 1. The normalized spacial score (nSPS) is 17.3. The number of ether oxygens (including phenoxy) is 1. The van der Waals surface area contributed by atoms with Crippen LogP contribution in [0.15, 0.2) is 24.3 Å². The molecule has 22 heavy (non-hydrogen) atoms. The number of benzene rings is 1. The van der Waals surface area contributed by atoms with E-state index in [1.54, 1.807) is 0 Å². The van der Waals surface area contributed by atoms with E-state index in [2.05, 4.69) is 23.3 Å². The number of nitrogens with zero attached hydrogens (tertiary/aromatic N) is 1. The number of aromatic nitrogens is 1. The van der Waals surface area contributed by atoms with Crippen molar-refractivity contribution in [3.8, 4) is 5.75 Å². The molecule has 0 bridgehead atoms. The molecule has 1 atom stereocenters. The number of rotatable bonds is 6. The van der Waals surface area contributed by atoms with Crippen LogP contribution in [-0.2, 0) is 13.0 Å². The van der Waals surface area contributed by atoms with E-state index in [1.165, 1.54) is 17.0 Å². The van der Waals surface area contributed by atoms with E-state index in [9.17, 15) is 0 Å². The summed E-state index contributed by atoms with van der Waals surface area (Å²) in [4.78, 5) is 6.04. The number of thiazole rings is 1. The van der Waals surface area contributed by atoms with E-state index < -0.39 is 0 Å². The summed E-state index contributed by atoms with van der Waals surface area (Å²) in [5.41, 5.74) is 2.40. The van der Waals surface area contributed by atoms with Crippen LogP contribution in [-0.4, -0.2) is 23.3 Å². The Morgan fingerprint density at radius 1 is 1.41 bits per heavy atom. The number of aryl methyl sites for hydroxylation is 2. The van der Waals surface area contributed by atoms with Crippen LogP contribution in [0.1, 0.15) is 40.0 Å². The molecule has 0 spiro atoms. The fraction of sp³-hybridized carbons (Fsp3) is 0.471. The molecule has 3 rings (SSSR count). The van der Waals surface area contributed by atoms with Crippen molar-refractivity contribution in [3.05, 3.63) is 45.4 Å². The first kappa shape index (κ1) is 15.5. The molecule has 0 radical (unpaired) electrons. The minimum Gasteiger partial charge on any atom is -0.491 e. The highest BCUT2D eigenvalue weighted by atomic mass is 32.1. The van der Waals surface area contributed by atoms with Crippen LogP contribution in [0.3, 0.4) is 0 Å². The lowest BCUT2D eigenvalue weighted by atomic mass is 9.98. The van der Waals surface area contributed by atoms with Crippen molar-refractivity contribution < 1.29 is 9.84 Å². The number of hydrogen-bond donors (Lipinski definition) is 2. The summed E-state index contributed by atoms with van der Waals surface area (Å²) < 4.78 is 5.60. The van der Waals surface area contributed by atoms with Crippen molar-refractivity contribution in [2.45, 2.75) is 38.8 Å². The van der Waals surface area contributed by atoms with Gasteiger partial charge in [0, 0.05) is 23.0 Å². The molecule has 2 aromatic rings. The van der Waals surface area contributed by atoms with Crippen molar-refractivity contribution in [2.75, 3.05) is 13.2 Å². The average Bonchev–Trinajstić information content (AvgIpc) is 2.92. The maximum atomic E-state index is 8.92. The molecule has 1 heterocycles. The van der Waals surface area contributed by atoms with Gasteiger partial charge in [-0.1, -0.05) is 18.2 Å². The van der Waals surface area contributed by atoms with Crippen LogP contribution in [0.25, 0.3) is 0 Å². The van der Waals surface area contributed by atoms with Crippen molar-refractivity contribution in [1.29, 1.82) is 0 Å². The zero-order valence-corrected chi connectivity index (χ0v) is 13.7. The Kier molecular flexibility index (Phi) is 5.08. The summed E-state index contributed by atoms with van der Waals surface area (Å²) in [5.74, 6) is 0.848. The van der Waals surface area contributed by atoms with Crippen LogP contribution in [0.5, 0.6) is 5.75 Å². The largest absolute Gasteiger partial charge is 0.491 e. The molecule has 0 amide bonds. The Hall–Kier alpha value is -1.43. The van der Waals surface area contributed by atoms with Gasteiger partial charge in [0.15, 0.2) is 0 Å². The van der Waals surface area contributed by atoms with Gasteiger partial charge in [0.05, 0.1) is 17.3 Å². The van der Waals surface area contributed by atoms with Crippen LogP contribution in [0.4, 0.5) is 0 Å². The second-order valence-electron chi connectivity index (χ2n) is 5.55. The highest BCUT2D eigenvalue weighted by Gasteiger charge is 2.23. The zero-order valence-electron chi connectivity index (χ0n) is 12.8. The Bertz CT molecular complexity index is 627. The van der Waals surface area contributed by atoms with E-state index in [1.807, 2.05) is 29.5 Å². The molecular weight excluding hydrogens is 296 g/mol.